The van der Waals surface area contributed by atoms with Crippen LogP contribution >= 0.6 is 0 Å². The van der Waals surface area contributed by atoms with Crippen LogP contribution in [0.25, 0.3) is 0 Å². The van der Waals surface area contributed by atoms with Crippen molar-refractivity contribution >= 4 is 12.1 Å². The summed E-state index contributed by atoms with van der Waals surface area (Å²) in [6.07, 6.45) is 1.11. The smallest absolute Gasteiger partial charge is 0.410 e. The zero-order chi connectivity index (χ0) is 14.9. The molecule has 0 saturated carbocycles. The van der Waals surface area contributed by atoms with Crippen molar-refractivity contribution in [2.45, 2.75) is 45.3 Å². The van der Waals surface area contributed by atoms with E-state index in [1.54, 1.807) is 25.7 Å². The van der Waals surface area contributed by atoms with Crippen LogP contribution in [0, 0.1) is 0 Å². The SMILES string of the molecule is CC(C)(C)OC(=O)N1CCC[C@@H]1c1cc(C(=O)O)on1. The van der Waals surface area contributed by atoms with E-state index < -0.39 is 17.7 Å². The van der Waals surface area contributed by atoms with Gasteiger partial charge in [0.2, 0.25) is 5.76 Å². The molecule has 1 atom stereocenters. The highest BCUT2D eigenvalue weighted by molar-refractivity contribution is 5.84. The lowest BCUT2D eigenvalue weighted by molar-refractivity contribution is 0.0219. The van der Waals surface area contributed by atoms with Gasteiger partial charge in [0, 0.05) is 12.6 Å². The Bertz CT molecular complexity index is 517. The Morgan fingerprint density at radius 1 is 1.50 bits per heavy atom. The minimum Gasteiger partial charge on any atom is -0.475 e. The molecule has 2 heterocycles. The third kappa shape index (κ3) is 3.09. The van der Waals surface area contributed by atoms with Crippen LogP contribution in [0.4, 0.5) is 4.79 Å². The van der Waals surface area contributed by atoms with Crippen LogP contribution in [-0.2, 0) is 4.74 Å². The van der Waals surface area contributed by atoms with Crippen LogP contribution in [0.1, 0.15) is 55.9 Å². The molecule has 1 aromatic heterocycles. The molecule has 1 aliphatic rings. The number of carbonyl (C=O) groups is 2. The topological polar surface area (TPSA) is 92.9 Å². The van der Waals surface area contributed by atoms with Gasteiger partial charge in [0.25, 0.3) is 0 Å². The maximum Gasteiger partial charge on any atom is 0.410 e. The molecule has 1 amide bonds. The molecule has 1 saturated heterocycles. The van der Waals surface area contributed by atoms with E-state index in [4.69, 9.17) is 14.4 Å². The van der Waals surface area contributed by atoms with Crippen LogP contribution in [0.3, 0.4) is 0 Å². The fourth-order valence-electron chi connectivity index (χ4n) is 2.16. The maximum atomic E-state index is 12.1. The number of hydrogen-bond donors (Lipinski definition) is 1. The second-order valence-corrected chi connectivity index (χ2v) is 5.75. The van der Waals surface area contributed by atoms with Crippen molar-refractivity contribution in [3.63, 3.8) is 0 Å². The van der Waals surface area contributed by atoms with Crippen molar-refractivity contribution in [2.75, 3.05) is 6.54 Å². The predicted octanol–water partition coefficient (Wildman–Crippen LogP) is 2.44. The van der Waals surface area contributed by atoms with Crippen molar-refractivity contribution in [2.24, 2.45) is 0 Å². The first-order valence-corrected chi connectivity index (χ1v) is 6.47. The molecular weight excluding hydrogens is 264 g/mol. The number of carboxylic acids is 1. The van der Waals surface area contributed by atoms with E-state index >= 15 is 0 Å². The zero-order valence-corrected chi connectivity index (χ0v) is 11.8. The van der Waals surface area contributed by atoms with Gasteiger partial charge in [0.1, 0.15) is 11.3 Å². The number of ether oxygens (including phenoxy) is 1. The lowest BCUT2D eigenvalue weighted by Gasteiger charge is -2.27. The van der Waals surface area contributed by atoms with Crippen molar-refractivity contribution in [1.29, 1.82) is 0 Å². The highest BCUT2D eigenvalue weighted by Gasteiger charge is 2.35. The van der Waals surface area contributed by atoms with Gasteiger partial charge in [0.15, 0.2) is 0 Å². The van der Waals surface area contributed by atoms with Crippen molar-refractivity contribution < 1.29 is 24.0 Å². The Morgan fingerprint density at radius 3 is 2.75 bits per heavy atom. The van der Waals surface area contributed by atoms with Gasteiger partial charge in [-0.3, -0.25) is 4.90 Å². The average molecular weight is 282 g/mol. The summed E-state index contributed by atoms with van der Waals surface area (Å²) < 4.78 is 10.1. The molecule has 0 aliphatic carbocycles. The van der Waals surface area contributed by atoms with Gasteiger partial charge < -0.3 is 14.4 Å². The second kappa shape index (κ2) is 5.15. The lowest BCUT2D eigenvalue weighted by Crippen LogP contribution is -2.36. The molecule has 7 heteroatoms. The molecule has 0 unspecified atom stereocenters. The van der Waals surface area contributed by atoms with Crippen LogP contribution in [0.5, 0.6) is 0 Å². The Kier molecular flexibility index (Phi) is 3.69. The molecular formula is C13H18N2O5. The van der Waals surface area contributed by atoms with Gasteiger partial charge in [-0.15, -0.1) is 0 Å². The number of rotatable bonds is 2. The third-order valence-corrected chi connectivity index (χ3v) is 2.96. The first kappa shape index (κ1) is 14.4. The normalized spacial score (nSPS) is 19.1. The Morgan fingerprint density at radius 2 is 2.20 bits per heavy atom. The van der Waals surface area contributed by atoms with Crippen LogP contribution in [0.15, 0.2) is 10.6 Å². The molecule has 110 valence electrons. The van der Waals surface area contributed by atoms with Gasteiger partial charge >= 0.3 is 12.1 Å². The van der Waals surface area contributed by atoms with Gasteiger partial charge in [-0.1, -0.05) is 5.16 Å². The number of carbonyl (C=O) groups excluding carboxylic acids is 1. The predicted molar refractivity (Wildman–Crippen MR) is 68.4 cm³/mol. The largest absolute Gasteiger partial charge is 0.475 e. The molecule has 20 heavy (non-hydrogen) atoms. The summed E-state index contributed by atoms with van der Waals surface area (Å²) in [5, 5.41) is 12.6. The molecule has 0 spiro atoms. The summed E-state index contributed by atoms with van der Waals surface area (Å²) in [6, 6.07) is 1.07. The number of aromatic nitrogens is 1. The standard InChI is InChI=1S/C13H18N2O5/c1-13(2,3)19-12(18)15-6-4-5-9(15)8-7-10(11(16)17)20-14-8/h7,9H,4-6H2,1-3H3,(H,16,17)/t9-/m1/s1. The van der Waals surface area contributed by atoms with Crippen LogP contribution < -0.4 is 0 Å². The fourth-order valence-corrected chi connectivity index (χ4v) is 2.16. The molecule has 0 bridgehead atoms. The van der Waals surface area contributed by atoms with Crippen molar-refractivity contribution in [1.82, 2.24) is 10.1 Å². The molecule has 1 aliphatic heterocycles. The summed E-state index contributed by atoms with van der Waals surface area (Å²) in [5.74, 6) is -1.40. The quantitative estimate of drug-likeness (QED) is 0.895. The maximum absolute atomic E-state index is 12.1. The van der Waals surface area contributed by atoms with E-state index in [0.29, 0.717) is 18.7 Å². The Balaban J connectivity index is 2.14. The van der Waals surface area contributed by atoms with E-state index in [9.17, 15) is 9.59 Å². The first-order chi connectivity index (χ1) is 9.28. The number of likely N-dealkylation sites (tertiary alicyclic amines) is 1. The number of carboxylic acid groups (broad SMARTS) is 1. The third-order valence-electron chi connectivity index (χ3n) is 2.96. The summed E-state index contributed by atoms with van der Waals surface area (Å²) in [6.45, 7) is 5.96. The van der Waals surface area contributed by atoms with Gasteiger partial charge in [-0.25, -0.2) is 9.59 Å². The fraction of sp³-hybridized carbons (Fsp3) is 0.615. The number of hydrogen-bond acceptors (Lipinski definition) is 5. The minimum absolute atomic E-state index is 0.226. The molecule has 1 aromatic rings. The van der Waals surface area contributed by atoms with E-state index in [1.165, 1.54) is 6.07 Å². The summed E-state index contributed by atoms with van der Waals surface area (Å²) in [5.41, 5.74) is -0.119. The minimum atomic E-state index is -1.18. The van der Waals surface area contributed by atoms with Gasteiger partial charge in [0.05, 0.1) is 6.04 Å². The van der Waals surface area contributed by atoms with Gasteiger partial charge in [-0.05, 0) is 33.6 Å². The van der Waals surface area contributed by atoms with Crippen LogP contribution in [0.2, 0.25) is 0 Å². The summed E-state index contributed by atoms with van der Waals surface area (Å²) in [7, 11) is 0. The zero-order valence-electron chi connectivity index (χ0n) is 11.8. The average Bonchev–Trinajstić information content (AvgIpc) is 2.95. The number of aromatic carboxylic acids is 1. The highest BCUT2D eigenvalue weighted by Crippen LogP contribution is 2.32. The second-order valence-electron chi connectivity index (χ2n) is 5.75. The van der Waals surface area contributed by atoms with Crippen LogP contribution in [-0.4, -0.2) is 39.4 Å². The molecule has 0 radical (unpaired) electrons. The summed E-state index contributed by atoms with van der Waals surface area (Å²) in [4.78, 5) is 24.5. The molecule has 7 nitrogen and oxygen atoms in total. The van der Waals surface area contributed by atoms with E-state index in [2.05, 4.69) is 5.16 Å². The number of amides is 1. The Labute approximate surface area is 116 Å². The van der Waals surface area contributed by atoms with E-state index in [-0.39, 0.29) is 11.8 Å². The number of nitrogens with zero attached hydrogens (tertiary/aromatic N) is 2. The monoisotopic (exact) mass is 282 g/mol. The lowest BCUT2D eigenvalue weighted by atomic mass is 10.1. The van der Waals surface area contributed by atoms with Crippen molar-refractivity contribution in [3.05, 3.63) is 17.5 Å². The van der Waals surface area contributed by atoms with E-state index in [0.717, 1.165) is 6.42 Å². The van der Waals surface area contributed by atoms with E-state index in [1.807, 2.05) is 0 Å². The molecule has 1 N–H and O–H groups in total. The molecule has 1 fully saturated rings. The molecule has 2 rings (SSSR count). The van der Waals surface area contributed by atoms with Crippen molar-refractivity contribution in [3.8, 4) is 0 Å². The molecule has 0 aromatic carbocycles. The first-order valence-electron chi connectivity index (χ1n) is 6.47. The summed E-state index contributed by atoms with van der Waals surface area (Å²) >= 11 is 0. The highest BCUT2D eigenvalue weighted by atomic mass is 16.6. The Hall–Kier alpha value is -2.05. The van der Waals surface area contributed by atoms with Gasteiger partial charge in [-0.2, -0.15) is 0 Å².